The quantitative estimate of drug-likeness (QED) is 0.685. The highest BCUT2D eigenvalue weighted by molar-refractivity contribution is 5.92. The van der Waals surface area contributed by atoms with Crippen LogP contribution in [-0.2, 0) is 23.8 Å². The normalized spacial score (nSPS) is 48.1. The maximum atomic E-state index is 12.3. The van der Waals surface area contributed by atoms with Gasteiger partial charge in [-0.15, -0.1) is 0 Å². The van der Waals surface area contributed by atoms with Crippen LogP contribution in [0.1, 0.15) is 46.0 Å². The van der Waals surface area contributed by atoms with Gasteiger partial charge in [-0.2, -0.15) is 0 Å². The number of carbonyl (C=O) groups is 2. The zero-order chi connectivity index (χ0) is 17.4. The van der Waals surface area contributed by atoms with Crippen molar-refractivity contribution in [3.05, 3.63) is 23.3 Å². The van der Waals surface area contributed by atoms with E-state index < -0.39 is 0 Å². The largest absolute Gasteiger partial charge is 0.461 e. The first-order valence-electron chi connectivity index (χ1n) is 9.31. The summed E-state index contributed by atoms with van der Waals surface area (Å²) in [5, 5.41) is 0. The molecule has 1 saturated carbocycles. The van der Waals surface area contributed by atoms with Gasteiger partial charge in [0.1, 0.15) is 13.2 Å². The van der Waals surface area contributed by atoms with Crippen molar-refractivity contribution < 1.29 is 23.8 Å². The summed E-state index contributed by atoms with van der Waals surface area (Å²) in [6.07, 6.45) is 8.35. The molecule has 5 aliphatic rings. The number of rotatable bonds is 1. The molecule has 0 aromatic rings. The molecule has 0 aromatic heterocycles. The summed E-state index contributed by atoms with van der Waals surface area (Å²) >= 11 is 0. The van der Waals surface area contributed by atoms with Gasteiger partial charge in [0.15, 0.2) is 0 Å². The minimum absolute atomic E-state index is 0.0457. The molecule has 0 N–H and O–H groups in total. The van der Waals surface area contributed by atoms with Crippen molar-refractivity contribution in [1.82, 2.24) is 0 Å². The molecule has 5 atom stereocenters. The summed E-state index contributed by atoms with van der Waals surface area (Å²) in [6.45, 7) is 5.40. The lowest BCUT2D eigenvalue weighted by Crippen LogP contribution is -2.57. The Labute approximate surface area is 147 Å². The molecule has 25 heavy (non-hydrogen) atoms. The number of carbonyl (C=O) groups excluding carboxylic acids is 2. The van der Waals surface area contributed by atoms with E-state index in [9.17, 15) is 9.59 Å². The Morgan fingerprint density at radius 1 is 1.16 bits per heavy atom. The van der Waals surface area contributed by atoms with Crippen molar-refractivity contribution in [3.8, 4) is 0 Å². The van der Waals surface area contributed by atoms with Gasteiger partial charge in [0.2, 0.25) is 0 Å². The highest BCUT2D eigenvalue weighted by Crippen LogP contribution is 2.68. The number of hydrogen-bond donors (Lipinski definition) is 0. The highest BCUT2D eigenvalue weighted by atomic mass is 16.5. The fourth-order valence-electron chi connectivity index (χ4n) is 6.30. The van der Waals surface area contributed by atoms with Crippen LogP contribution in [0.5, 0.6) is 0 Å². The van der Waals surface area contributed by atoms with Gasteiger partial charge in [0, 0.05) is 28.1 Å². The van der Waals surface area contributed by atoms with E-state index in [2.05, 4.69) is 19.9 Å². The zero-order valence-corrected chi connectivity index (χ0v) is 14.8. The Morgan fingerprint density at radius 2 is 2.00 bits per heavy atom. The fraction of sp³-hybridized carbons (Fsp3) is 0.700. The molecule has 3 aliphatic heterocycles. The predicted molar refractivity (Wildman–Crippen MR) is 88.5 cm³/mol. The second-order valence-electron chi connectivity index (χ2n) is 8.77. The maximum absolute atomic E-state index is 12.3. The molecule has 134 valence electrons. The van der Waals surface area contributed by atoms with Gasteiger partial charge in [0.25, 0.3) is 0 Å². The molecule has 1 spiro atoms. The second-order valence-corrected chi connectivity index (χ2v) is 8.77. The third-order valence-corrected chi connectivity index (χ3v) is 7.82. The summed E-state index contributed by atoms with van der Waals surface area (Å²) in [5.41, 5.74) is 1.44. The van der Waals surface area contributed by atoms with Crippen molar-refractivity contribution in [3.63, 3.8) is 0 Å². The first-order chi connectivity index (χ1) is 11.9. The van der Waals surface area contributed by atoms with Crippen molar-refractivity contribution in [2.45, 2.75) is 57.7 Å². The number of allylic oxidation sites excluding steroid dienone is 1. The Kier molecular flexibility index (Phi) is 2.97. The molecule has 5 nitrogen and oxygen atoms in total. The average molecular weight is 344 g/mol. The summed E-state index contributed by atoms with van der Waals surface area (Å²) < 4.78 is 17.2. The van der Waals surface area contributed by atoms with Crippen LogP contribution in [0.2, 0.25) is 0 Å². The number of ether oxygens (including phenoxy) is 3. The van der Waals surface area contributed by atoms with Crippen molar-refractivity contribution in [2.24, 2.45) is 16.7 Å². The minimum atomic E-state index is -0.266. The molecule has 3 fully saturated rings. The van der Waals surface area contributed by atoms with E-state index in [0.29, 0.717) is 19.1 Å². The topological polar surface area (TPSA) is 61.8 Å². The number of cyclic esters (lactones) is 2. The summed E-state index contributed by atoms with van der Waals surface area (Å²) in [6, 6.07) is 0. The summed E-state index contributed by atoms with van der Waals surface area (Å²) in [5.74, 6) is -0.0170. The molecule has 0 bridgehead atoms. The first kappa shape index (κ1) is 15.6. The Morgan fingerprint density at radius 3 is 2.76 bits per heavy atom. The third-order valence-electron chi connectivity index (χ3n) is 7.82. The van der Waals surface area contributed by atoms with Crippen LogP contribution in [0.4, 0.5) is 0 Å². The fourth-order valence-corrected chi connectivity index (χ4v) is 6.30. The van der Waals surface area contributed by atoms with Gasteiger partial charge in [-0.3, -0.25) is 0 Å². The number of hydrogen-bond acceptors (Lipinski definition) is 5. The maximum Gasteiger partial charge on any atom is 0.334 e. The molecule has 2 aliphatic carbocycles. The van der Waals surface area contributed by atoms with E-state index >= 15 is 0 Å². The van der Waals surface area contributed by atoms with E-state index in [-0.39, 0.29) is 34.5 Å². The minimum Gasteiger partial charge on any atom is -0.461 e. The van der Waals surface area contributed by atoms with E-state index in [0.717, 1.165) is 43.3 Å². The zero-order valence-electron chi connectivity index (χ0n) is 14.8. The van der Waals surface area contributed by atoms with Gasteiger partial charge < -0.3 is 14.2 Å². The van der Waals surface area contributed by atoms with Gasteiger partial charge in [-0.05, 0) is 44.9 Å². The lowest BCUT2D eigenvalue weighted by Gasteiger charge is -2.57. The molecule has 5 heteroatoms. The van der Waals surface area contributed by atoms with Gasteiger partial charge in [-0.25, -0.2) is 9.59 Å². The van der Waals surface area contributed by atoms with E-state index in [1.54, 1.807) is 6.08 Å². The molecular formula is C20H24O5. The van der Waals surface area contributed by atoms with Crippen LogP contribution in [-0.4, -0.2) is 36.9 Å². The van der Waals surface area contributed by atoms with Crippen molar-refractivity contribution in [2.75, 3.05) is 13.2 Å². The lowest BCUT2D eigenvalue weighted by molar-refractivity contribution is -0.149. The molecule has 0 amide bonds. The van der Waals surface area contributed by atoms with Gasteiger partial charge in [-0.1, -0.05) is 13.0 Å². The van der Waals surface area contributed by atoms with Crippen LogP contribution < -0.4 is 0 Å². The van der Waals surface area contributed by atoms with Crippen LogP contribution in [0, 0.1) is 16.7 Å². The van der Waals surface area contributed by atoms with Gasteiger partial charge in [0.05, 0.1) is 11.7 Å². The lowest BCUT2D eigenvalue weighted by atomic mass is 9.46. The number of fused-ring (bicyclic) bond motifs is 2. The molecule has 0 aromatic carbocycles. The predicted octanol–water partition coefficient (Wildman–Crippen LogP) is 2.70. The standard InChI is InChI=1S/C20H24O5/c1-18-9-14(12-8-16(21)23-10-12)25-19(18,2)6-7-20-11-24-17(22)13(20)4-3-5-15(18)20/h4,8,14-15H,3,5-7,9-11H2,1-2H3. The Hall–Kier alpha value is -1.62. The third kappa shape index (κ3) is 1.82. The molecule has 5 unspecified atom stereocenters. The first-order valence-corrected chi connectivity index (χ1v) is 9.31. The summed E-state index contributed by atoms with van der Waals surface area (Å²) in [4.78, 5) is 23.7. The smallest absolute Gasteiger partial charge is 0.334 e. The molecule has 2 saturated heterocycles. The van der Waals surface area contributed by atoms with Crippen LogP contribution in [0.15, 0.2) is 23.3 Å². The monoisotopic (exact) mass is 344 g/mol. The van der Waals surface area contributed by atoms with Crippen molar-refractivity contribution in [1.29, 1.82) is 0 Å². The average Bonchev–Trinajstić information content (AvgIpc) is 3.23. The van der Waals surface area contributed by atoms with E-state index in [1.807, 2.05) is 0 Å². The van der Waals surface area contributed by atoms with E-state index in [4.69, 9.17) is 14.2 Å². The molecule has 5 rings (SSSR count). The van der Waals surface area contributed by atoms with E-state index in [1.165, 1.54) is 0 Å². The van der Waals surface area contributed by atoms with Crippen molar-refractivity contribution >= 4 is 11.9 Å². The van der Waals surface area contributed by atoms with Crippen LogP contribution >= 0.6 is 0 Å². The van der Waals surface area contributed by atoms with Gasteiger partial charge >= 0.3 is 11.9 Å². The van der Waals surface area contributed by atoms with Crippen LogP contribution in [0.25, 0.3) is 0 Å². The molecular weight excluding hydrogens is 320 g/mol. The molecule has 3 heterocycles. The van der Waals surface area contributed by atoms with Crippen LogP contribution in [0.3, 0.4) is 0 Å². The Bertz CT molecular complexity index is 736. The Balaban J connectivity index is 1.54. The second kappa shape index (κ2) is 4.76. The highest BCUT2D eigenvalue weighted by Gasteiger charge is 2.69. The molecule has 0 radical (unpaired) electrons. The number of esters is 2. The SMILES string of the molecule is CC12CCC34COC(=O)C3=CCCC4C1(C)CC(C1=CC(=O)OC1)O2. The summed E-state index contributed by atoms with van der Waals surface area (Å²) in [7, 11) is 0.